The van der Waals surface area contributed by atoms with Gasteiger partial charge in [-0.1, -0.05) is 61.9 Å². The second-order valence-corrected chi connectivity index (χ2v) is 10.0. The first kappa shape index (κ1) is 22.8. The lowest BCUT2D eigenvalue weighted by atomic mass is 10.0. The first-order valence-corrected chi connectivity index (χ1v) is 12.6. The number of hydrogen-bond donors (Lipinski definition) is 1. The summed E-state index contributed by atoms with van der Waals surface area (Å²) < 4.78 is 28.3. The number of hydrogen-bond acceptors (Lipinski definition) is 3. The van der Waals surface area contributed by atoms with E-state index in [9.17, 15) is 18.3 Å². The SMILES string of the molecule is CCCCc1ccc(S(=O)(=O)n2cc(CCC(=O)O)c3cc(-c4ccccc4)ccc32)cc1. The Labute approximate surface area is 194 Å². The molecule has 1 N–H and O–H groups in total. The molecule has 6 heteroatoms. The predicted octanol–water partition coefficient (Wildman–Crippen LogP) is 5.91. The number of benzene rings is 3. The Morgan fingerprint density at radius 1 is 0.909 bits per heavy atom. The molecule has 33 heavy (non-hydrogen) atoms. The molecule has 1 heterocycles. The molecule has 0 aliphatic carbocycles. The minimum atomic E-state index is -3.83. The summed E-state index contributed by atoms with van der Waals surface area (Å²) in [6.45, 7) is 2.13. The number of rotatable bonds is 9. The fourth-order valence-corrected chi connectivity index (χ4v) is 5.43. The highest BCUT2D eigenvalue weighted by Crippen LogP contribution is 2.31. The summed E-state index contributed by atoms with van der Waals surface area (Å²) in [6.07, 6.45) is 4.82. The van der Waals surface area contributed by atoms with Gasteiger partial charge in [0.15, 0.2) is 0 Å². The van der Waals surface area contributed by atoms with Crippen molar-refractivity contribution < 1.29 is 18.3 Å². The molecule has 0 fully saturated rings. The number of fused-ring (bicyclic) bond motifs is 1. The normalized spacial score (nSPS) is 11.7. The van der Waals surface area contributed by atoms with Crippen molar-refractivity contribution in [3.8, 4) is 11.1 Å². The second-order valence-electron chi connectivity index (χ2n) is 8.19. The Hall–Kier alpha value is -3.38. The van der Waals surface area contributed by atoms with Gasteiger partial charge in [-0.15, -0.1) is 0 Å². The number of aliphatic carboxylic acids is 1. The van der Waals surface area contributed by atoms with Crippen molar-refractivity contribution in [2.75, 3.05) is 0 Å². The van der Waals surface area contributed by atoms with Crippen molar-refractivity contribution in [3.63, 3.8) is 0 Å². The number of carboxylic acids is 1. The molecule has 1 aromatic heterocycles. The quantitative estimate of drug-likeness (QED) is 0.336. The summed E-state index contributed by atoms with van der Waals surface area (Å²) in [4.78, 5) is 11.4. The fraction of sp³-hybridized carbons (Fsp3) is 0.222. The molecular weight excluding hydrogens is 434 g/mol. The molecule has 4 aromatic rings. The van der Waals surface area contributed by atoms with E-state index in [4.69, 9.17) is 0 Å². The lowest BCUT2D eigenvalue weighted by Crippen LogP contribution is -2.12. The van der Waals surface area contributed by atoms with Gasteiger partial charge in [-0.25, -0.2) is 12.4 Å². The largest absolute Gasteiger partial charge is 0.481 e. The molecule has 0 radical (unpaired) electrons. The van der Waals surface area contributed by atoms with Gasteiger partial charge in [-0.3, -0.25) is 4.79 Å². The predicted molar refractivity (Wildman–Crippen MR) is 131 cm³/mol. The van der Waals surface area contributed by atoms with E-state index in [2.05, 4.69) is 6.92 Å². The van der Waals surface area contributed by atoms with Crippen LogP contribution in [-0.4, -0.2) is 23.5 Å². The van der Waals surface area contributed by atoms with E-state index >= 15 is 0 Å². The molecule has 3 aromatic carbocycles. The monoisotopic (exact) mass is 461 g/mol. The van der Waals surface area contributed by atoms with Gasteiger partial charge in [0.05, 0.1) is 10.4 Å². The summed E-state index contributed by atoms with van der Waals surface area (Å²) in [7, 11) is -3.83. The maximum absolute atomic E-state index is 13.5. The third kappa shape index (κ3) is 4.86. The van der Waals surface area contributed by atoms with Crippen LogP contribution in [0.1, 0.15) is 37.3 Å². The van der Waals surface area contributed by atoms with Gasteiger partial charge in [0.2, 0.25) is 0 Å². The number of aryl methyl sites for hydroxylation is 2. The van der Waals surface area contributed by atoms with E-state index in [1.54, 1.807) is 24.4 Å². The Balaban J connectivity index is 1.80. The average Bonchev–Trinajstić information content (AvgIpc) is 3.21. The second kappa shape index (κ2) is 9.63. The van der Waals surface area contributed by atoms with E-state index in [0.29, 0.717) is 11.1 Å². The Morgan fingerprint density at radius 3 is 2.30 bits per heavy atom. The van der Waals surface area contributed by atoms with Crippen LogP contribution in [0.3, 0.4) is 0 Å². The molecule has 0 saturated carbocycles. The zero-order valence-electron chi connectivity index (χ0n) is 18.6. The van der Waals surface area contributed by atoms with Crippen LogP contribution in [-0.2, 0) is 27.7 Å². The number of aromatic nitrogens is 1. The van der Waals surface area contributed by atoms with Crippen LogP contribution in [0.4, 0.5) is 0 Å². The lowest BCUT2D eigenvalue weighted by molar-refractivity contribution is -0.136. The fourth-order valence-electron chi connectivity index (χ4n) is 4.04. The minimum Gasteiger partial charge on any atom is -0.481 e. The van der Waals surface area contributed by atoms with Crippen molar-refractivity contribution in [2.45, 2.75) is 43.9 Å². The molecule has 0 unspecified atom stereocenters. The topological polar surface area (TPSA) is 76.4 Å². The molecule has 0 spiro atoms. The van der Waals surface area contributed by atoms with Gasteiger partial charge >= 0.3 is 5.97 Å². The highest BCUT2D eigenvalue weighted by molar-refractivity contribution is 7.90. The van der Waals surface area contributed by atoms with Crippen LogP contribution in [0.25, 0.3) is 22.0 Å². The van der Waals surface area contributed by atoms with Crippen LogP contribution in [0, 0.1) is 0 Å². The highest BCUT2D eigenvalue weighted by Gasteiger charge is 2.22. The highest BCUT2D eigenvalue weighted by atomic mass is 32.2. The first-order chi connectivity index (χ1) is 15.9. The summed E-state index contributed by atoms with van der Waals surface area (Å²) in [5.74, 6) is -0.916. The van der Waals surface area contributed by atoms with Gasteiger partial charge in [0, 0.05) is 18.0 Å². The zero-order valence-corrected chi connectivity index (χ0v) is 19.4. The molecule has 0 amide bonds. The van der Waals surface area contributed by atoms with Crippen LogP contribution in [0.2, 0.25) is 0 Å². The molecule has 170 valence electrons. The van der Waals surface area contributed by atoms with E-state index in [-0.39, 0.29) is 17.7 Å². The Morgan fingerprint density at radius 2 is 1.64 bits per heavy atom. The Kier molecular flexibility index (Phi) is 6.65. The van der Waals surface area contributed by atoms with Crippen molar-refractivity contribution in [1.29, 1.82) is 0 Å². The van der Waals surface area contributed by atoms with Crippen molar-refractivity contribution in [3.05, 3.63) is 90.1 Å². The zero-order chi connectivity index (χ0) is 23.4. The summed E-state index contributed by atoms with van der Waals surface area (Å²) >= 11 is 0. The summed E-state index contributed by atoms with van der Waals surface area (Å²) in [5, 5.41) is 9.94. The first-order valence-electron chi connectivity index (χ1n) is 11.2. The number of carbonyl (C=O) groups is 1. The molecule has 0 atom stereocenters. The van der Waals surface area contributed by atoms with E-state index in [1.165, 1.54) is 3.97 Å². The molecule has 4 rings (SSSR count). The third-order valence-electron chi connectivity index (χ3n) is 5.87. The van der Waals surface area contributed by atoms with Crippen molar-refractivity contribution in [1.82, 2.24) is 3.97 Å². The van der Waals surface area contributed by atoms with Gasteiger partial charge in [0.25, 0.3) is 10.0 Å². The molecule has 0 aliphatic heterocycles. The van der Waals surface area contributed by atoms with E-state index < -0.39 is 16.0 Å². The van der Waals surface area contributed by atoms with E-state index in [0.717, 1.165) is 41.3 Å². The lowest BCUT2D eigenvalue weighted by Gasteiger charge is -2.09. The van der Waals surface area contributed by atoms with Crippen LogP contribution in [0.5, 0.6) is 0 Å². The molecule has 5 nitrogen and oxygen atoms in total. The van der Waals surface area contributed by atoms with Crippen LogP contribution < -0.4 is 0 Å². The summed E-state index contributed by atoms with van der Waals surface area (Å²) in [5.41, 5.74) is 4.33. The molecule has 0 saturated heterocycles. The maximum Gasteiger partial charge on any atom is 0.303 e. The van der Waals surface area contributed by atoms with Gasteiger partial charge in [0.1, 0.15) is 0 Å². The molecular formula is C27H27NO4S. The van der Waals surface area contributed by atoms with E-state index in [1.807, 2.05) is 54.6 Å². The van der Waals surface area contributed by atoms with Crippen molar-refractivity contribution in [2.24, 2.45) is 0 Å². The number of unbranched alkanes of at least 4 members (excludes halogenated alkanes) is 1. The number of nitrogens with zero attached hydrogens (tertiary/aromatic N) is 1. The number of carboxylic acid groups (broad SMARTS) is 1. The Bertz CT molecular complexity index is 1370. The van der Waals surface area contributed by atoms with Gasteiger partial charge < -0.3 is 5.11 Å². The molecule has 0 aliphatic rings. The third-order valence-corrected chi connectivity index (χ3v) is 7.56. The van der Waals surface area contributed by atoms with Crippen LogP contribution in [0.15, 0.2) is 83.9 Å². The van der Waals surface area contributed by atoms with Gasteiger partial charge in [-0.05, 0) is 65.8 Å². The maximum atomic E-state index is 13.5. The van der Waals surface area contributed by atoms with Crippen molar-refractivity contribution >= 4 is 26.9 Å². The summed E-state index contributed by atoms with van der Waals surface area (Å²) in [6, 6.07) is 22.5. The van der Waals surface area contributed by atoms with Crippen LogP contribution >= 0.6 is 0 Å². The standard InChI is InChI=1S/C27H27NO4S/c1-2-3-7-20-10-14-24(15-11-20)33(31,32)28-19-23(13-17-27(29)30)25-18-22(12-16-26(25)28)21-8-5-4-6-9-21/h4-6,8-12,14-16,18-19H,2-3,7,13,17H2,1H3,(H,29,30). The smallest absolute Gasteiger partial charge is 0.303 e. The van der Waals surface area contributed by atoms with Gasteiger partial charge in [-0.2, -0.15) is 0 Å². The molecule has 0 bridgehead atoms. The average molecular weight is 462 g/mol. The minimum absolute atomic E-state index is 0.0686.